The number of piperidine rings is 1. The van der Waals surface area contributed by atoms with Crippen LogP contribution in [0.5, 0.6) is 11.5 Å². The van der Waals surface area contributed by atoms with Gasteiger partial charge in [-0.3, -0.25) is 0 Å². The Bertz CT molecular complexity index is 891. The van der Waals surface area contributed by atoms with Crippen LogP contribution in [-0.2, 0) is 14.3 Å². The molecule has 3 aliphatic heterocycles. The summed E-state index contributed by atoms with van der Waals surface area (Å²) < 4.78 is 23.9. The van der Waals surface area contributed by atoms with Gasteiger partial charge in [0.25, 0.3) is 0 Å². The molecule has 0 radical (unpaired) electrons. The third-order valence-corrected chi connectivity index (χ3v) is 6.48. The molecule has 176 valence electrons. The molecule has 1 aromatic carbocycles. The summed E-state index contributed by atoms with van der Waals surface area (Å²) in [7, 11) is 0. The molecule has 8 heteroatoms. The van der Waals surface area contributed by atoms with Crippen LogP contribution in [0.3, 0.4) is 0 Å². The highest BCUT2D eigenvalue weighted by Crippen LogP contribution is 2.53. The number of hydrogen-bond acceptors (Lipinski definition) is 6. The maximum absolute atomic E-state index is 12.6. The molecular weight excluding hydrogens is 414 g/mol. The minimum atomic E-state index is -1.02. The number of nitrogens with zero attached hydrogens (tertiary/aromatic N) is 1. The van der Waals surface area contributed by atoms with Crippen LogP contribution in [0, 0.1) is 11.8 Å². The minimum Gasteiger partial charge on any atom is -0.487 e. The Morgan fingerprint density at radius 3 is 2.72 bits per heavy atom. The molecule has 0 spiro atoms. The van der Waals surface area contributed by atoms with Gasteiger partial charge in [-0.1, -0.05) is 0 Å². The molecule has 3 aliphatic rings. The van der Waals surface area contributed by atoms with Crippen LogP contribution in [0.15, 0.2) is 18.2 Å². The van der Waals surface area contributed by atoms with Crippen molar-refractivity contribution in [2.45, 2.75) is 70.9 Å². The zero-order chi connectivity index (χ0) is 23.3. The molecule has 4 atom stereocenters. The molecule has 0 aliphatic carbocycles. The second-order valence-electron chi connectivity index (χ2n) is 10.5. The lowest BCUT2D eigenvalue weighted by Gasteiger charge is -2.53. The maximum atomic E-state index is 12.6. The highest BCUT2D eigenvalue weighted by molar-refractivity contribution is 5.68. The van der Waals surface area contributed by atoms with E-state index >= 15 is 0 Å². The van der Waals surface area contributed by atoms with Crippen molar-refractivity contribution in [3.8, 4) is 11.5 Å². The van der Waals surface area contributed by atoms with E-state index in [2.05, 4.69) is 13.8 Å². The van der Waals surface area contributed by atoms with Crippen molar-refractivity contribution < 1.29 is 33.6 Å². The van der Waals surface area contributed by atoms with Gasteiger partial charge in [-0.05, 0) is 59.6 Å². The van der Waals surface area contributed by atoms with Crippen LogP contribution in [-0.4, -0.2) is 59.1 Å². The van der Waals surface area contributed by atoms with Gasteiger partial charge in [0, 0.05) is 36.6 Å². The number of ether oxygens (including phenoxy) is 4. The quantitative estimate of drug-likeness (QED) is 0.748. The zero-order valence-corrected chi connectivity index (χ0v) is 19.4. The van der Waals surface area contributed by atoms with Crippen molar-refractivity contribution in [3.63, 3.8) is 0 Å². The first-order valence-electron chi connectivity index (χ1n) is 11.2. The second-order valence-corrected chi connectivity index (χ2v) is 10.5. The van der Waals surface area contributed by atoms with Crippen LogP contribution in [0.1, 0.15) is 59.1 Å². The van der Waals surface area contributed by atoms with E-state index in [1.165, 1.54) is 0 Å². The number of amides is 1. The number of carboxylic acids is 1. The summed E-state index contributed by atoms with van der Waals surface area (Å²) in [4.78, 5) is 25.2. The Kier molecular flexibility index (Phi) is 5.77. The van der Waals surface area contributed by atoms with Crippen LogP contribution in [0.4, 0.5) is 4.79 Å². The number of carbonyl (C=O) groups is 2. The molecule has 3 heterocycles. The van der Waals surface area contributed by atoms with Gasteiger partial charge in [-0.25, -0.2) is 9.59 Å². The molecule has 0 aromatic heterocycles. The van der Waals surface area contributed by atoms with Crippen molar-refractivity contribution >= 4 is 12.1 Å². The highest BCUT2D eigenvalue weighted by atomic mass is 16.6. The molecule has 0 saturated carbocycles. The number of likely N-dealkylation sites (tertiary alicyclic amines) is 1. The van der Waals surface area contributed by atoms with Crippen molar-refractivity contribution in [2.75, 3.05) is 19.7 Å². The zero-order valence-electron chi connectivity index (χ0n) is 19.4. The van der Waals surface area contributed by atoms with Crippen LogP contribution in [0.2, 0.25) is 0 Å². The Balaban J connectivity index is 1.51. The van der Waals surface area contributed by atoms with Gasteiger partial charge in [-0.2, -0.15) is 0 Å². The smallest absolute Gasteiger partial charge is 0.410 e. The number of aliphatic carboxylic acids is 1. The van der Waals surface area contributed by atoms with Gasteiger partial charge in [0.15, 0.2) is 6.61 Å². The van der Waals surface area contributed by atoms with Crippen LogP contribution >= 0.6 is 0 Å². The Hall–Kier alpha value is -2.48. The molecule has 1 amide bonds. The fourth-order valence-corrected chi connectivity index (χ4v) is 5.01. The number of hydrogen-bond donors (Lipinski definition) is 1. The van der Waals surface area contributed by atoms with Crippen molar-refractivity contribution in [3.05, 3.63) is 23.8 Å². The topological polar surface area (TPSA) is 94.5 Å². The van der Waals surface area contributed by atoms with E-state index in [4.69, 9.17) is 24.1 Å². The maximum Gasteiger partial charge on any atom is 0.410 e. The van der Waals surface area contributed by atoms with E-state index in [1.54, 1.807) is 17.0 Å². The minimum absolute atomic E-state index is 0.0691. The molecule has 32 heavy (non-hydrogen) atoms. The number of carboxylic acid groups (broad SMARTS) is 1. The summed E-state index contributed by atoms with van der Waals surface area (Å²) in [6.07, 6.45) is 1.34. The molecule has 2 saturated heterocycles. The van der Waals surface area contributed by atoms with Crippen molar-refractivity contribution in [1.82, 2.24) is 4.90 Å². The summed E-state index contributed by atoms with van der Waals surface area (Å²) in [5.41, 5.74) is -0.0367. The first kappa shape index (κ1) is 22.7. The summed E-state index contributed by atoms with van der Waals surface area (Å²) in [6, 6.07) is 5.42. The van der Waals surface area contributed by atoms with E-state index in [1.807, 2.05) is 26.8 Å². The number of rotatable bonds is 3. The van der Waals surface area contributed by atoms with Gasteiger partial charge in [0.2, 0.25) is 0 Å². The number of fused-ring (bicyclic) bond motifs is 4. The Morgan fingerprint density at radius 2 is 2.03 bits per heavy atom. The molecule has 2 fully saturated rings. The largest absolute Gasteiger partial charge is 0.487 e. The van der Waals surface area contributed by atoms with E-state index in [0.717, 1.165) is 18.4 Å². The van der Waals surface area contributed by atoms with E-state index in [0.29, 0.717) is 24.6 Å². The molecule has 1 aromatic rings. The third kappa shape index (κ3) is 4.65. The molecule has 1 N–H and O–H groups in total. The fraction of sp³-hybridized carbons (Fsp3) is 0.667. The van der Waals surface area contributed by atoms with E-state index < -0.39 is 23.8 Å². The average molecular weight is 448 g/mol. The summed E-state index contributed by atoms with van der Waals surface area (Å²) in [5.74, 6) is 0.452. The summed E-state index contributed by atoms with van der Waals surface area (Å²) in [5, 5.41) is 8.86. The van der Waals surface area contributed by atoms with Gasteiger partial charge in [0.1, 0.15) is 22.7 Å². The standard InChI is InChI=1S/C24H33NO7/c1-23(2,3)32-22(28)25-9-8-18-14(12-25)10-17-21(30-18)16-7-6-15(29-13-20(26)27)11-19(16)31-24(17,4)5/h6-7,11,14,17-18,21H,8-10,12-13H2,1-5H3,(H,26,27)/t14-,17-,18-,21+/m1/s1. The molecular formula is C24H33NO7. The lowest BCUT2D eigenvalue weighted by atomic mass is 9.70. The van der Waals surface area contributed by atoms with Crippen LogP contribution in [0.25, 0.3) is 0 Å². The SMILES string of the molecule is CC(C)(C)OC(=O)N1CC[C@H]2O[C@H]3c4ccc(OCC(=O)O)cc4OC(C)(C)[C@@H]3C[C@@H]2C1. The Labute approximate surface area is 188 Å². The molecule has 4 rings (SSSR count). The average Bonchev–Trinajstić information content (AvgIpc) is 2.69. The molecule has 8 nitrogen and oxygen atoms in total. The van der Waals surface area contributed by atoms with Crippen molar-refractivity contribution in [2.24, 2.45) is 11.8 Å². The second kappa shape index (κ2) is 8.14. The predicted octanol–water partition coefficient (Wildman–Crippen LogP) is 4.02. The lowest BCUT2D eigenvalue weighted by Crippen LogP contribution is -2.56. The first-order chi connectivity index (χ1) is 14.9. The third-order valence-electron chi connectivity index (χ3n) is 6.48. The summed E-state index contributed by atoms with van der Waals surface area (Å²) in [6.45, 7) is 10.6. The predicted molar refractivity (Wildman–Crippen MR) is 116 cm³/mol. The van der Waals surface area contributed by atoms with Gasteiger partial charge >= 0.3 is 12.1 Å². The Morgan fingerprint density at radius 1 is 1.28 bits per heavy atom. The molecule has 0 unspecified atom stereocenters. The van der Waals surface area contributed by atoms with E-state index in [-0.39, 0.29) is 30.1 Å². The lowest BCUT2D eigenvalue weighted by molar-refractivity contribution is -0.185. The van der Waals surface area contributed by atoms with Gasteiger partial charge in [0.05, 0.1) is 12.2 Å². The number of carbonyl (C=O) groups excluding carboxylic acids is 1. The highest BCUT2D eigenvalue weighted by Gasteiger charge is 2.51. The summed E-state index contributed by atoms with van der Waals surface area (Å²) >= 11 is 0. The van der Waals surface area contributed by atoms with Crippen molar-refractivity contribution in [1.29, 1.82) is 0 Å². The van der Waals surface area contributed by atoms with Crippen LogP contribution < -0.4 is 9.47 Å². The van der Waals surface area contributed by atoms with Gasteiger partial charge in [-0.15, -0.1) is 0 Å². The fourth-order valence-electron chi connectivity index (χ4n) is 5.01. The monoisotopic (exact) mass is 447 g/mol. The van der Waals surface area contributed by atoms with E-state index in [9.17, 15) is 9.59 Å². The normalized spacial score (nSPS) is 28.5. The molecule has 0 bridgehead atoms. The number of benzene rings is 1. The first-order valence-corrected chi connectivity index (χ1v) is 11.2. The van der Waals surface area contributed by atoms with Gasteiger partial charge < -0.3 is 29.0 Å².